The Balaban J connectivity index is 1.90. The fourth-order valence-corrected chi connectivity index (χ4v) is 2.40. The molecule has 0 amide bonds. The summed E-state index contributed by atoms with van der Waals surface area (Å²) in [7, 11) is 0. The molecule has 3 nitrogen and oxygen atoms in total. The van der Waals surface area contributed by atoms with Gasteiger partial charge in [0, 0.05) is 24.5 Å². The number of rotatable bonds is 5. The molecule has 2 N–H and O–H groups in total. The number of benzene rings is 2. The summed E-state index contributed by atoms with van der Waals surface area (Å²) < 4.78 is 6.02. The van der Waals surface area contributed by atoms with Crippen molar-refractivity contribution < 1.29 is 4.74 Å². The number of pyridine rings is 1. The quantitative estimate of drug-likeness (QED) is 0.777. The molecule has 110 valence electrons. The van der Waals surface area contributed by atoms with Gasteiger partial charge in [0.2, 0.25) is 0 Å². The lowest BCUT2D eigenvalue weighted by Gasteiger charge is -2.14. The fraction of sp³-hybridized carbons (Fsp3) is 0.105. The highest BCUT2D eigenvalue weighted by atomic mass is 16.5. The molecule has 0 aliphatic carbocycles. The van der Waals surface area contributed by atoms with Gasteiger partial charge < -0.3 is 10.5 Å². The van der Waals surface area contributed by atoms with Crippen LogP contribution in [0.2, 0.25) is 0 Å². The van der Waals surface area contributed by atoms with E-state index >= 15 is 0 Å². The van der Waals surface area contributed by atoms with Crippen molar-refractivity contribution in [3.63, 3.8) is 0 Å². The molecule has 22 heavy (non-hydrogen) atoms. The van der Waals surface area contributed by atoms with Crippen LogP contribution in [0.1, 0.15) is 11.1 Å². The first kappa shape index (κ1) is 14.3. The van der Waals surface area contributed by atoms with Crippen LogP contribution in [0, 0.1) is 0 Å². The van der Waals surface area contributed by atoms with Crippen LogP contribution in [-0.2, 0) is 13.2 Å². The third kappa shape index (κ3) is 3.15. The van der Waals surface area contributed by atoms with Gasteiger partial charge in [-0.25, -0.2) is 0 Å². The number of nitrogens with two attached hydrogens (primary N) is 1. The minimum Gasteiger partial charge on any atom is -0.488 e. The van der Waals surface area contributed by atoms with Crippen molar-refractivity contribution in [1.82, 2.24) is 4.98 Å². The van der Waals surface area contributed by atoms with E-state index in [1.807, 2.05) is 48.7 Å². The van der Waals surface area contributed by atoms with Crippen LogP contribution in [-0.4, -0.2) is 4.98 Å². The number of nitrogens with zero attached hydrogens (tertiary/aromatic N) is 1. The molecule has 1 aromatic heterocycles. The van der Waals surface area contributed by atoms with Gasteiger partial charge in [0.15, 0.2) is 0 Å². The molecule has 3 aromatic rings. The molecule has 0 bridgehead atoms. The molecule has 0 spiro atoms. The molecule has 0 fully saturated rings. The fourth-order valence-electron chi connectivity index (χ4n) is 2.40. The van der Waals surface area contributed by atoms with Crippen molar-refractivity contribution in [3.8, 4) is 16.9 Å². The summed E-state index contributed by atoms with van der Waals surface area (Å²) in [5, 5.41) is 0. The second kappa shape index (κ2) is 6.87. The Bertz CT molecular complexity index is 741. The van der Waals surface area contributed by atoms with Gasteiger partial charge in [0.05, 0.1) is 0 Å². The Hall–Kier alpha value is -2.65. The Morgan fingerprint density at radius 1 is 0.864 bits per heavy atom. The normalized spacial score (nSPS) is 10.4. The van der Waals surface area contributed by atoms with Crippen LogP contribution in [0.5, 0.6) is 5.75 Å². The molecule has 0 aliphatic heterocycles. The van der Waals surface area contributed by atoms with E-state index in [1.165, 1.54) is 0 Å². The van der Waals surface area contributed by atoms with Crippen molar-refractivity contribution in [2.75, 3.05) is 0 Å². The second-order valence-corrected chi connectivity index (χ2v) is 5.01. The van der Waals surface area contributed by atoms with Gasteiger partial charge in [-0.3, -0.25) is 4.98 Å². The van der Waals surface area contributed by atoms with E-state index < -0.39 is 0 Å². The summed E-state index contributed by atoms with van der Waals surface area (Å²) in [6.07, 6.45) is 3.59. The second-order valence-electron chi connectivity index (χ2n) is 5.01. The van der Waals surface area contributed by atoms with E-state index in [4.69, 9.17) is 10.5 Å². The molecule has 0 unspecified atom stereocenters. The van der Waals surface area contributed by atoms with Crippen molar-refractivity contribution in [1.29, 1.82) is 0 Å². The lowest BCUT2D eigenvalue weighted by molar-refractivity contribution is 0.307. The summed E-state index contributed by atoms with van der Waals surface area (Å²) in [5.74, 6) is 0.854. The Labute approximate surface area is 130 Å². The SMILES string of the molecule is NCc1cnccc1-c1ccccc1OCc1ccccc1. The molecule has 0 saturated heterocycles. The first-order chi connectivity index (χ1) is 10.9. The van der Waals surface area contributed by atoms with Crippen molar-refractivity contribution in [2.24, 2.45) is 5.73 Å². The van der Waals surface area contributed by atoms with Crippen LogP contribution >= 0.6 is 0 Å². The Kier molecular flexibility index (Phi) is 4.47. The molecular formula is C19H18N2O. The van der Waals surface area contributed by atoms with Gasteiger partial charge in [0.25, 0.3) is 0 Å². The van der Waals surface area contributed by atoms with Gasteiger partial charge in [-0.05, 0) is 28.8 Å². The summed E-state index contributed by atoms with van der Waals surface area (Å²) in [5.41, 5.74) is 10.1. The van der Waals surface area contributed by atoms with Gasteiger partial charge in [0.1, 0.15) is 12.4 Å². The number of aromatic nitrogens is 1. The third-order valence-corrected chi connectivity index (χ3v) is 3.54. The Morgan fingerprint density at radius 3 is 2.45 bits per heavy atom. The zero-order chi connectivity index (χ0) is 15.2. The van der Waals surface area contributed by atoms with Crippen molar-refractivity contribution in [2.45, 2.75) is 13.2 Å². The number of hydrogen-bond acceptors (Lipinski definition) is 3. The maximum Gasteiger partial charge on any atom is 0.127 e. The van der Waals surface area contributed by atoms with Gasteiger partial charge in [-0.15, -0.1) is 0 Å². The van der Waals surface area contributed by atoms with Crippen LogP contribution in [0.3, 0.4) is 0 Å². The van der Waals surface area contributed by atoms with Gasteiger partial charge in [-0.2, -0.15) is 0 Å². The summed E-state index contributed by atoms with van der Waals surface area (Å²) in [6, 6.07) is 20.1. The van der Waals surface area contributed by atoms with E-state index in [0.717, 1.165) is 28.0 Å². The van der Waals surface area contributed by atoms with Crippen LogP contribution in [0.25, 0.3) is 11.1 Å². The van der Waals surface area contributed by atoms with Crippen LogP contribution in [0.4, 0.5) is 0 Å². The molecule has 0 saturated carbocycles. The van der Waals surface area contributed by atoms with E-state index in [1.54, 1.807) is 6.20 Å². The van der Waals surface area contributed by atoms with Gasteiger partial charge >= 0.3 is 0 Å². The lowest BCUT2D eigenvalue weighted by Crippen LogP contribution is -2.01. The summed E-state index contributed by atoms with van der Waals surface area (Å²) >= 11 is 0. The smallest absolute Gasteiger partial charge is 0.127 e. The number of para-hydroxylation sites is 1. The average Bonchev–Trinajstić information content (AvgIpc) is 2.61. The molecule has 3 heteroatoms. The first-order valence-corrected chi connectivity index (χ1v) is 7.27. The largest absolute Gasteiger partial charge is 0.488 e. The van der Waals surface area contributed by atoms with Crippen LogP contribution < -0.4 is 10.5 Å². The maximum absolute atomic E-state index is 6.02. The zero-order valence-electron chi connectivity index (χ0n) is 12.3. The standard InChI is InChI=1S/C19H18N2O/c20-12-16-13-21-11-10-17(16)18-8-4-5-9-19(18)22-14-15-6-2-1-3-7-15/h1-11,13H,12,14,20H2. The van der Waals surface area contributed by atoms with Crippen molar-refractivity contribution in [3.05, 3.63) is 84.2 Å². The number of ether oxygens (including phenoxy) is 1. The minimum atomic E-state index is 0.455. The van der Waals surface area contributed by atoms with Crippen LogP contribution in [0.15, 0.2) is 73.1 Å². The predicted molar refractivity (Wildman–Crippen MR) is 88.3 cm³/mol. The summed E-state index contributed by atoms with van der Waals surface area (Å²) in [6.45, 7) is 0.997. The Morgan fingerprint density at radius 2 is 1.64 bits per heavy atom. The molecular weight excluding hydrogens is 272 g/mol. The maximum atomic E-state index is 6.02. The lowest BCUT2D eigenvalue weighted by atomic mass is 10.0. The third-order valence-electron chi connectivity index (χ3n) is 3.54. The molecule has 0 aliphatic rings. The molecule has 1 heterocycles. The molecule has 0 radical (unpaired) electrons. The highest BCUT2D eigenvalue weighted by Gasteiger charge is 2.09. The number of hydrogen-bond donors (Lipinski definition) is 1. The topological polar surface area (TPSA) is 48.1 Å². The van der Waals surface area contributed by atoms with E-state index in [2.05, 4.69) is 23.2 Å². The highest BCUT2D eigenvalue weighted by Crippen LogP contribution is 2.32. The summed E-state index contributed by atoms with van der Waals surface area (Å²) in [4.78, 5) is 4.14. The van der Waals surface area contributed by atoms with Crippen molar-refractivity contribution >= 4 is 0 Å². The highest BCUT2D eigenvalue weighted by molar-refractivity contribution is 5.72. The molecule has 0 atom stereocenters. The predicted octanol–water partition coefficient (Wildman–Crippen LogP) is 3.79. The average molecular weight is 290 g/mol. The van der Waals surface area contributed by atoms with Gasteiger partial charge in [-0.1, -0.05) is 48.5 Å². The zero-order valence-corrected chi connectivity index (χ0v) is 12.3. The first-order valence-electron chi connectivity index (χ1n) is 7.27. The minimum absolute atomic E-state index is 0.455. The van der Waals surface area contributed by atoms with E-state index in [9.17, 15) is 0 Å². The monoisotopic (exact) mass is 290 g/mol. The molecule has 2 aromatic carbocycles. The van der Waals surface area contributed by atoms with E-state index in [-0.39, 0.29) is 0 Å². The molecule has 3 rings (SSSR count). The van der Waals surface area contributed by atoms with E-state index in [0.29, 0.717) is 13.2 Å².